The van der Waals surface area contributed by atoms with Crippen LogP contribution in [0.2, 0.25) is 0 Å². The molecule has 1 saturated heterocycles. The van der Waals surface area contributed by atoms with Gasteiger partial charge >= 0.3 is 0 Å². The van der Waals surface area contributed by atoms with E-state index < -0.39 is 5.91 Å². The Balaban J connectivity index is 1.52. The molecule has 1 spiro atoms. The summed E-state index contributed by atoms with van der Waals surface area (Å²) >= 11 is 0. The third-order valence-electron chi connectivity index (χ3n) is 6.32. The first-order valence-electron chi connectivity index (χ1n) is 10.7. The topological polar surface area (TPSA) is 126 Å². The summed E-state index contributed by atoms with van der Waals surface area (Å²) in [6.07, 6.45) is 11.2. The number of aromatic amines is 1. The molecule has 3 aromatic heterocycles. The highest BCUT2D eigenvalue weighted by molar-refractivity contribution is 5.79. The summed E-state index contributed by atoms with van der Waals surface area (Å²) in [6, 6.07) is 3.84. The number of rotatable bonds is 6. The minimum Gasteiger partial charge on any atom is -0.368 e. The molecular formula is C22H26N8O. The molecule has 5 rings (SSSR count). The zero-order valence-corrected chi connectivity index (χ0v) is 17.3. The number of hydrogen-bond donors (Lipinski definition) is 3. The number of primary amides is 1. The van der Waals surface area contributed by atoms with Crippen LogP contribution in [0.5, 0.6) is 0 Å². The van der Waals surface area contributed by atoms with Crippen molar-refractivity contribution in [2.45, 2.75) is 37.6 Å². The van der Waals surface area contributed by atoms with Gasteiger partial charge in [-0.2, -0.15) is 0 Å². The van der Waals surface area contributed by atoms with E-state index >= 15 is 0 Å². The van der Waals surface area contributed by atoms with Crippen LogP contribution in [0.25, 0.3) is 11.4 Å². The first-order chi connectivity index (χ1) is 15.1. The van der Waals surface area contributed by atoms with Crippen molar-refractivity contribution in [1.29, 1.82) is 0 Å². The van der Waals surface area contributed by atoms with E-state index in [1.54, 1.807) is 18.7 Å². The maximum atomic E-state index is 11.4. The van der Waals surface area contributed by atoms with E-state index in [2.05, 4.69) is 25.2 Å². The number of piperidine rings is 1. The number of likely N-dealkylation sites (tertiary alicyclic amines) is 1. The van der Waals surface area contributed by atoms with Gasteiger partial charge in [-0.3, -0.25) is 14.7 Å². The van der Waals surface area contributed by atoms with Gasteiger partial charge in [0.1, 0.15) is 5.82 Å². The molecule has 1 aliphatic carbocycles. The Bertz CT molecular complexity index is 1070. The Labute approximate surface area is 180 Å². The van der Waals surface area contributed by atoms with Crippen molar-refractivity contribution in [3.63, 3.8) is 0 Å². The fraction of sp³-hybridized carbons (Fsp3) is 0.409. The Morgan fingerprint density at radius 1 is 1.26 bits per heavy atom. The normalized spacial score (nSPS) is 20.6. The Hall–Kier alpha value is -3.33. The van der Waals surface area contributed by atoms with E-state index in [-0.39, 0.29) is 12.0 Å². The molecule has 4 heterocycles. The molecule has 160 valence electrons. The van der Waals surface area contributed by atoms with Gasteiger partial charge in [0, 0.05) is 53.9 Å². The van der Waals surface area contributed by atoms with Crippen LogP contribution >= 0.6 is 0 Å². The second-order valence-electron chi connectivity index (χ2n) is 8.46. The molecule has 0 radical (unpaired) electrons. The van der Waals surface area contributed by atoms with E-state index in [9.17, 15) is 4.79 Å². The number of imidazole rings is 1. The summed E-state index contributed by atoms with van der Waals surface area (Å²) in [5.74, 6) is 0.933. The van der Waals surface area contributed by atoms with Gasteiger partial charge in [-0.1, -0.05) is 0 Å². The van der Waals surface area contributed by atoms with Crippen LogP contribution in [-0.4, -0.2) is 55.4 Å². The molecule has 1 aliphatic heterocycles. The summed E-state index contributed by atoms with van der Waals surface area (Å²) < 4.78 is 0. The Morgan fingerprint density at radius 3 is 2.97 bits per heavy atom. The summed E-state index contributed by atoms with van der Waals surface area (Å²) in [6.45, 7) is 2.90. The number of aromatic nitrogens is 5. The molecule has 3 aromatic rings. The molecule has 1 atom stereocenters. The third-order valence-corrected chi connectivity index (χ3v) is 6.32. The lowest BCUT2D eigenvalue weighted by Crippen LogP contribution is -2.45. The third kappa shape index (κ3) is 3.88. The van der Waals surface area contributed by atoms with Crippen LogP contribution < -0.4 is 11.1 Å². The molecule has 9 heteroatoms. The SMILES string of the molecule is NC(=O)CNc1nc(-c2cccnc2)nc2c1CCC21CCCN(Cc2cnc[nH]2)C1. The van der Waals surface area contributed by atoms with E-state index in [1.165, 1.54) is 0 Å². The van der Waals surface area contributed by atoms with Crippen LogP contribution in [0.4, 0.5) is 5.82 Å². The number of anilines is 1. The molecule has 2 aliphatic rings. The van der Waals surface area contributed by atoms with Gasteiger partial charge in [0.05, 0.1) is 18.6 Å². The lowest BCUT2D eigenvalue weighted by molar-refractivity contribution is -0.116. The number of carbonyl (C=O) groups excluding carboxylic acids is 1. The molecule has 1 fully saturated rings. The number of amides is 1. The summed E-state index contributed by atoms with van der Waals surface area (Å²) in [4.78, 5) is 35.3. The monoisotopic (exact) mass is 418 g/mol. The van der Waals surface area contributed by atoms with E-state index in [0.717, 1.165) is 67.8 Å². The minimum absolute atomic E-state index is 0.0172. The zero-order chi connectivity index (χ0) is 21.3. The Morgan fingerprint density at radius 2 is 2.19 bits per heavy atom. The number of carbonyl (C=O) groups is 1. The van der Waals surface area contributed by atoms with Gasteiger partial charge in [0.25, 0.3) is 0 Å². The average molecular weight is 419 g/mol. The highest BCUT2D eigenvalue weighted by atomic mass is 16.1. The number of H-pyrrole nitrogens is 1. The lowest BCUT2D eigenvalue weighted by Gasteiger charge is -2.40. The first kappa shape index (κ1) is 19.6. The van der Waals surface area contributed by atoms with Gasteiger partial charge in [0.2, 0.25) is 5.91 Å². The molecule has 9 nitrogen and oxygen atoms in total. The number of pyridine rings is 1. The largest absolute Gasteiger partial charge is 0.368 e. The summed E-state index contributed by atoms with van der Waals surface area (Å²) in [5.41, 5.74) is 9.56. The van der Waals surface area contributed by atoms with Gasteiger partial charge in [-0.15, -0.1) is 0 Å². The summed E-state index contributed by atoms with van der Waals surface area (Å²) in [7, 11) is 0. The molecule has 0 aromatic carbocycles. The van der Waals surface area contributed by atoms with Gasteiger partial charge in [0.15, 0.2) is 5.82 Å². The summed E-state index contributed by atoms with van der Waals surface area (Å²) in [5, 5.41) is 3.15. The highest BCUT2D eigenvalue weighted by Crippen LogP contribution is 2.46. The molecule has 1 unspecified atom stereocenters. The quantitative estimate of drug-likeness (QED) is 0.555. The molecular weight excluding hydrogens is 392 g/mol. The number of fused-ring (bicyclic) bond motifs is 2. The smallest absolute Gasteiger partial charge is 0.236 e. The highest BCUT2D eigenvalue weighted by Gasteiger charge is 2.45. The number of nitrogens with zero attached hydrogens (tertiary/aromatic N) is 5. The van der Waals surface area contributed by atoms with Gasteiger partial charge in [-0.25, -0.2) is 15.0 Å². The lowest BCUT2D eigenvalue weighted by atomic mass is 9.77. The second-order valence-corrected chi connectivity index (χ2v) is 8.46. The van der Waals surface area contributed by atoms with Crippen LogP contribution in [0.1, 0.15) is 36.2 Å². The second kappa shape index (κ2) is 8.07. The average Bonchev–Trinajstić information content (AvgIpc) is 3.41. The number of nitrogens with one attached hydrogen (secondary N) is 2. The van der Waals surface area contributed by atoms with Crippen molar-refractivity contribution >= 4 is 11.7 Å². The van der Waals surface area contributed by atoms with Crippen molar-refractivity contribution < 1.29 is 4.79 Å². The predicted molar refractivity (Wildman–Crippen MR) is 116 cm³/mol. The maximum Gasteiger partial charge on any atom is 0.236 e. The van der Waals surface area contributed by atoms with Gasteiger partial charge in [-0.05, 0) is 44.4 Å². The molecule has 0 bridgehead atoms. The Kier molecular flexibility index (Phi) is 5.11. The van der Waals surface area contributed by atoms with Crippen molar-refractivity contribution in [1.82, 2.24) is 29.8 Å². The van der Waals surface area contributed by atoms with E-state index in [4.69, 9.17) is 15.7 Å². The van der Waals surface area contributed by atoms with Crippen molar-refractivity contribution in [3.05, 3.63) is 54.0 Å². The molecule has 0 saturated carbocycles. The van der Waals surface area contributed by atoms with Crippen molar-refractivity contribution in [2.75, 3.05) is 25.0 Å². The van der Waals surface area contributed by atoms with Gasteiger partial charge < -0.3 is 16.0 Å². The molecule has 31 heavy (non-hydrogen) atoms. The molecule has 1 amide bonds. The van der Waals surface area contributed by atoms with Crippen molar-refractivity contribution in [2.24, 2.45) is 5.73 Å². The molecule has 4 N–H and O–H groups in total. The number of hydrogen-bond acceptors (Lipinski definition) is 7. The standard InChI is InChI=1S/C22H26N8O/c23-18(31)11-26-21-17-4-6-22(5-2-8-30(13-22)12-16-10-25-14-27-16)19(17)28-20(29-21)15-3-1-7-24-9-15/h1,3,7,9-10,14H,2,4-6,8,11-13H2,(H2,23,31)(H,25,27)(H,26,28,29). The van der Waals surface area contributed by atoms with Crippen LogP contribution in [0, 0.1) is 0 Å². The van der Waals surface area contributed by atoms with E-state index in [0.29, 0.717) is 11.6 Å². The van der Waals surface area contributed by atoms with Crippen LogP contribution in [0.3, 0.4) is 0 Å². The van der Waals surface area contributed by atoms with Crippen LogP contribution in [0.15, 0.2) is 37.1 Å². The maximum absolute atomic E-state index is 11.4. The fourth-order valence-corrected chi connectivity index (χ4v) is 4.95. The first-order valence-corrected chi connectivity index (χ1v) is 10.7. The van der Waals surface area contributed by atoms with E-state index in [1.807, 2.05) is 18.3 Å². The zero-order valence-electron chi connectivity index (χ0n) is 17.3. The van der Waals surface area contributed by atoms with Crippen molar-refractivity contribution in [3.8, 4) is 11.4 Å². The fourth-order valence-electron chi connectivity index (χ4n) is 4.95. The van der Waals surface area contributed by atoms with Crippen LogP contribution in [-0.2, 0) is 23.2 Å². The number of nitrogens with two attached hydrogens (primary N) is 1. The predicted octanol–water partition coefficient (Wildman–Crippen LogP) is 1.64. The minimum atomic E-state index is -0.411.